The number of hydrogen-bond acceptors (Lipinski definition) is 6. The molecular weight excluding hydrogens is 272 g/mol. The number of nitrogens with zero attached hydrogens (tertiary/aromatic N) is 2. The van der Waals surface area contributed by atoms with E-state index in [1.807, 2.05) is 7.05 Å². The van der Waals surface area contributed by atoms with Crippen molar-refractivity contribution < 1.29 is 4.74 Å². The Kier molecular flexibility index (Phi) is 4.03. The van der Waals surface area contributed by atoms with Gasteiger partial charge in [-0.15, -0.1) is 11.3 Å². The van der Waals surface area contributed by atoms with Gasteiger partial charge >= 0.3 is 0 Å². The molecule has 0 bridgehead atoms. The molecule has 0 amide bonds. The minimum atomic E-state index is 0.575. The topological polar surface area (TPSA) is 59.1 Å². The molecule has 1 atom stereocenters. The highest BCUT2D eigenvalue weighted by Crippen LogP contribution is 2.29. The molecule has 1 unspecified atom stereocenters. The number of anilines is 2. The van der Waals surface area contributed by atoms with Gasteiger partial charge in [-0.1, -0.05) is 0 Å². The van der Waals surface area contributed by atoms with Crippen LogP contribution in [0.15, 0.2) is 6.07 Å². The highest BCUT2D eigenvalue weighted by molar-refractivity contribution is 7.18. The van der Waals surface area contributed by atoms with Gasteiger partial charge in [-0.2, -0.15) is 4.98 Å². The van der Waals surface area contributed by atoms with E-state index in [1.54, 1.807) is 11.3 Å². The predicted molar refractivity (Wildman–Crippen MR) is 83.7 cm³/mol. The zero-order chi connectivity index (χ0) is 13.9. The Bertz CT molecular complexity index is 592. The van der Waals surface area contributed by atoms with Crippen molar-refractivity contribution >= 4 is 33.3 Å². The average molecular weight is 292 g/mol. The maximum atomic E-state index is 5.52. The fourth-order valence-electron chi connectivity index (χ4n) is 2.50. The number of hydrogen-bond donors (Lipinski definition) is 2. The second-order valence-electron chi connectivity index (χ2n) is 5.19. The van der Waals surface area contributed by atoms with Crippen LogP contribution in [0.25, 0.3) is 10.2 Å². The summed E-state index contributed by atoms with van der Waals surface area (Å²) < 4.78 is 5.52. The van der Waals surface area contributed by atoms with Gasteiger partial charge < -0.3 is 15.4 Å². The molecule has 2 aromatic heterocycles. The molecule has 1 aliphatic rings. The van der Waals surface area contributed by atoms with Crippen LogP contribution in [0, 0.1) is 12.8 Å². The number of ether oxygens (including phenoxy) is 1. The number of thiophene rings is 1. The Balaban J connectivity index is 1.81. The Morgan fingerprint density at radius 3 is 3.10 bits per heavy atom. The lowest BCUT2D eigenvalue weighted by Gasteiger charge is -2.22. The number of fused-ring (bicyclic) bond motifs is 1. The highest BCUT2D eigenvalue weighted by Gasteiger charge is 2.15. The molecule has 3 rings (SSSR count). The molecule has 0 aromatic carbocycles. The summed E-state index contributed by atoms with van der Waals surface area (Å²) in [5, 5.41) is 7.62. The van der Waals surface area contributed by atoms with Crippen LogP contribution in [0.3, 0.4) is 0 Å². The smallest absolute Gasteiger partial charge is 0.225 e. The molecule has 1 aliphatic heterocycles. The van der Waals surface area contributed by atoms with E-state index in [-0.39, 0.29) is 0 Å². The summed E-state index contributed by atoms with van der Waals surface area (Å²) in [6.07, 6.45) is 2.38. The van der Waals surface area contributed by atoms with E-state index >= 15 is 0 Å². The van der Waals surface area contributed by atoms with Gasteiger partial charge in [-0.05, 0) is 31.7 Å². The van der Waals surface area contributed by atoms with Crippen molar-refractivity contribution in [1.82, 2.24) is 9.97 Å². The Labute approximate surface area is 122 Å². The average Bonchev–Trinajstić information content (AvgIpc) is 2.86. The molecular formula is C14H20N4OS. The Morgan fingerprint density at radius 2 is 2.35 bits per heavy atom. The van der Waals surface area contributed by atoms with Crippen LogP contribution >= 0.6 is 11.3 Å². The van der Waals surface area contributed by atoms with E-state index in [2.05, 4.69) is 33.6 Å². The van der Waals surface area contributed by atoms with E-state index in [1.165, 1.54) is 11.3 Å². The largest absolute Gasteiger partial charge is 0.381 e. The lowest BCUT2D eigenvalue weighted by atomic mass is 10.0. The first-order chi connectivity index (χ1) is 9.76. The van der Waals surface area contributed by atoms with Crippen molar-refractivity contribution in [2.24, 2.45) is 5.92 Å². The second kappa shape index (κ2) is 5.93. The summed E-state index contributed by atoms with van der Waals surface area (Å²) in [6, 6.07) is 2.15. The minimum Gasteiger partial charge on any atom is -0.381 e. The highest BCUT2D eigenvalue weighted by atomic mass is 32.1. The van der Waals surface area contributed by atoms with Gasteiger partial charge in [0, 0.05) is 25.1 Å². The Morgan fingerprint density at radius 1 is 1.45 bits per heavy atom. The molecule has 1 fully saturated rings. The monoisotopic (exact) mass is 292 g/mol. The predicted octanol–water partition coefficient (Wildman–Crippen LogP) is 2.88. The summed E-state index contributed by atoms with van der Waals surface area (Å²) in [4.78, 5) is 11.3. The van der Waals surface area contributed by atoms with Crippen LogP contribution in [0.1, 0.15) is 17.7 Å². The van der Waals surface area contributed by atoms with E-state index in [4.69, 9.17) is 4.74 Å². The molecule has 108 valence electrons. The summed E-state index contributed by atoms with van der Waals surface area (Å²) >= 11 is 1.70. The van der Waals surface area contributed by atoms with Crippen LogP contribution in [0.5, 0.6) is 0 Å². The SMILES string of the molecule is CNc1nc(NCC2CCCOC2)c2cc(C)sc2n1. The molecule has 0 saturated carbocycles. The van der Waals surface area contributed by atoms with Crippen molar-refractivity contribution in [3.8, 4) is 0 Å². The third-order valence-corrected chi connectivity index (χ3v) is 4.50. The van der Waals surface area contributed by atoms with Gasteiger partial charge in [0.1, 0.15) is 10.6 Å². The number of aromatic nitrogens is 2. The summed E-state index contributed by atoms with van der Waals surface area (Å²) in [5.74, 6) is 2.17. The molecule has 3 heterocycles. The molecule has 6 heteroatoms. The zero-order valence-corrected chi connectivity index (χ0v) is 12.7. The maximum absolute atomic E-state index is 5.52. The number of aryl methyl sites for hydroxylation is 1. The molecule has 20 heavy (non-hydrogen) atoms. The van der Waals surface area contributed by atoms with Crippen LogP contribution < -0.4 is 10.6 Å². The number of nitrogens with one attached hydrogen (secondary N) is 2. The molecule has 0 spiro atoms. The molecule has 2 aromatic rings. The van der Waals surface area contributed by atoms with E-state index < -0.39 is 0 Å². The van der Waals surface area contributed by atoms with Gasteiger partial charge in [-0.25, -0.2) is 4.98 Å². The van der Waals surface area contributed by atoms with Crippen molar-refractivity contribution in [3.63, 3.8) is 0 Å². The normalized spacial score (nSPS) is 19.2. The first kappa shape index (κ1) is 13.6. The second-order valence-corrected chi connectivity index (χ2v) is 6.42. The van der Waals surface area contributed by atoms with Gasteiger partial charge in [0.15, 0.2) is 0 Å². The van der Waals surface area contributed by atoms with Crippen molar-refractivity contribution in [2.45, 2.75) is 19.8 Å². The minimum absolute atomic E-state index is 0.575. The van der Waals surface area contributed by atoms with E-state index in [0.29, 0.717) is 11.9 Å². The van der Waals surface area contributed by atoms with Gasteiger partial charge in [0.2, 0.25) is 5.95 Å². The molecule has 0 radical (unpaired) electrons. The number of rotatable bonds is 4. The van der Waals surface area contributed by atoms with E-state index in [0.717, 1.165) is 42.2 Å². The van der Waals surface area contributed by atoms with Crippen molar-refractivity contribution in [3.05, 3.63) is 10.9 Å². The summed E-state index contributed by atoms with van der Waals surface area (Å²) in [6.45, 7) is 4.76. The lowest BCUT2D eigenvalue weighted by molar-refractivity contribution is 0.0595. The Hall–Kier alpha value is -1.40. The lowest BCUT2D eigenvalue weighted by Crippen LogP contribution is -2.24. The molecule has 5 nitrogen and oxygen atoms in total. The zero-order valence-electron chi connectivity index (χ0n) is 11.9. The third kappa shape index (κ3) is 2.86. The van der Waals surface area contributed by atoms with Crippen molar-refractivity contribution in [1.29, 1.82) is 0 Å². The van der Waals surface area contributed by atoms with Gasteiger partial charge in [-0.3, -0.25) is 0 Å². The van der Waals surface area contributed by atoms with Crippen LogP contribution in [0.4, 0.5) is 11.8 Å². The van der Waals surface area contributed by atoms with Gasteiger partial charge in [0.25, 0.3) is 0 Å². The van der Waals surface area contributed by atoms with E-state index in [9.17, 15) is 0 Å². The maximum Gasteiger partial charge on any atom is 0.225 e. The van der Waals surface area contributed by atoms with Crippen LogP contribution in [0.2, 0.25) is 0 Å². The first-order valence-electron chi connectivity index (χ1n) is 7.04. The van der Waals surface area contributed by atoms with Gasteiger partial charge in [0.05, 0.1) is 12.0 Å². The third-order valence-electron chi connectivity index (χ3n) is 3.55. The van der Waals surface area contributed by atoms with Crippen LogP contribution in [-0.4, -0.2) is 36.8 Å². The van der Waals surface area contributed by atoms with Crippen molar-refractivity contribution in [2.75, 3.05) is 37.4 Å². The molecule has 0 aliphatic carbocycles. The summed E-state index contributed by atoms with van der Waals surface area (Å²) in [7, 11) is 1.85. The summed E-state index contributed by atoms with van der Waals surface area (Å²) in [5.41, 5.74) is 0. The molecule has 1 saturated heterocycles. The van der Waals surface area contributed by atoms with Crippen LogP contribution in [-0.2, 0) is 4.74 Å². The standard InChI is InChI=1S/C14H20N4OS/c1-9-6-11-12(16-7-10-4-3-5-19-8-10)17-14(15-2)18-13(11)20-9/h6,10H,3-5,7-8H2,1-2H3,(H2,15,16,17,18). The fourth-order valence-corrected chi connectivity index (χ4v) is 3.38. The fraction of sp³-hybridized carbons (Fsp3) is 0.571. The first-order valence-corrected chi connectivity index (χ1v) is 7.85. The quantitative estimate of drug-likeness (QED) is 0.907. The molecule has 2 N–H and O–H groups in total.